The molecule has 0 saturated carbocycles. The van der Waals surface area contributed by atoms with Crippen molar-refractivity contribution in [2.75, 3.05) is 0 Å². The molecule has 100 valence electrons. The fraction of sp³-hybridized carbons (Fsp3) is 0.364. The van der Waals surface area contributed by atoms with E-state index in [9.17, 15) is 22.4 Å². The highest BCUT2D eigenvalue weighted by Gasteiger charge is 2.35. The molecule has 18 heavy (non-hydrogen) atoms. The molecule has 0 aliphatic carbocycles. The van der Waals surface area contributed by atoms with Crippen LogP contribution in [-0.4, -0.2) is 5.91 Å². The van der Waals surface area contributed by atoms with E-state index in [1.165, 1.54) is 0 Å². The van der Waals surface area contributed by atoms with Crippen LogP contribution in [0.15, 0.2) is 18.2 Å². The Labute approximate surface area is 106 Å². The van der Waals surface area contributed by atoms with Crippen LogP contribution in [0.4, 0.5) is 17.6 Å². The Balaban J connectivity index is 3.25. The van der Waals surface area contributed by atoms with E-state index >= 15 is 0 Å². The number of halogens is 5. The van der Waals surface area contributed by atoms with Crippen molar-refractivity contribution in [3.63, 3.8) is 0 Å². The molecule has 1 amide bonds. The Kier molecular flexibility index (Phi) is 3.90. The molecule has 0 aliphatic rings. The maximum absolute atomic E-state index is 14.1. The van der Waals surface area contributed by atoms with Gasteiger partial charge in [-0.25, -0.2) is 4.39 Å². The number of alkyl halides is 4. The van der Waals surface area contributed by atoms with Crippen molar-refractivity contribution in [2.45, 2.75) is 25.2 Å². The summed E-state index contributed by atoms with van der Waals surface area (Å²) < 4.78 is 51.7. The molecule has 1 aromatic rings. The molecule has 1 atom stereocenters. The fourth-order valence-electron chi connectivity index (χ4n) is 1.48. The first-order valence-corrected chi connectivity index (χ1v) is 5.25. The number of hydrogen-bond acceptors (Lipinski definition) is 1. The zero-order chi connectivity index (χ0) is 14.1. The summed E-state index contributed by atoms with van der Waals surface area (Å²) in [6.07, 6.45) is -5.35. The van der Waals surface area contributed by atoms with Crippen LogP contribution in [0, 0.1) is 0 Å². The van der Waals surface area contributed by atoms with Crippen LogP contribution < -0.4 is 5.73 Å². The van der Waals surface area contributed by atoms with Gasteiger partial charge in [-0.15, -0.1) is 0 Å². The predicted molar refractivity (Wildman–Crippen MR) is 58.7 cm³/mol. The zero-order valence-electron chi connectivity index (χ0n) is 9.31. The predicted octanol–water partition coefficient (Wildman–Crippen LogP) is 3.42. The maximum atomic E-state index is 14.1. The highest BCUT2D eigenvalue weighted by atomic mass is 35.5. The van der Waals surface area contributed by atoms with E-state index in [4.69, 9.17) is 17.3 Å². The maximum Gasteiger partial charge on any atom is 0.416 e. The summed E-state index contributed by atoms with van der Waals surface area (Å²) in [5.41, 5.74) is 1.15. The molecule has 0 fully saturated rings. The van der Waals surface area contributed by atoms with Crippen molar-refractivity contribution >= 4 is 17.5 Å². The molecule has 0 saturated heterocycles. The molecule has 1 aromatic carbocycles. The zero-order valence-corrected chi connectivity index (χ0v) is 10.1. The number of amides is 1. The average molecular weight is 284 g/mol. The summed E-state index contributed by atoms with van der Waals surface area (Å²) in [4.78, 5) is 10.7. The Morgan fingerprint density at radius 3 is 2.17 bits per heavy atom. The number of primary amides is 1. The largest absolute Gasteiger partial charge is 0.416 e. The van der Waals surface area contributed by atoms with Crippen molar-refractivity contribution in [3.8, 4) is 0 Å². The molecule has 0 unspecified atom stereocenters. The molecule has 7 heteroatoms. The molecule has 0 radical (unpaired) electrons. The van der Waals surface area contributed by atoms with E-state index in [-0.39, 0.29) is 10.6 Å². The molecule has 0 spiro atoms. The molecule has 2 N–H and O–H groups in total. The van der Waals surface area contributed by atoms with Gasteiger partial charge in [0.1, 0.15) is 5.67 Å². The molecule has 1 rings (SSSR count). The summed E-state index contributed by atoms with van der Waals surface area (Å²) in [6, 6.07) is 2.35. The van der Waals surface area contributed by atoms with Crippen molar-refractivity contribution in [2.24, 2.45) is 5.73 Å². The second-order valence-electron chi connectivity index (χ2n) is 4.07. The van der Waals surface area contributed by atoms with Gasteiger partial charge in [-0.3, -0.25) is 4.79 Å². The lowest BCUT2D eigenvalue weighted by Crippen LogP contribution is -2.25. The first kappa shape index (κ1) is 14.8. The lowest BCUT2D eigenvalue weighted by molar-refractivity contribution is -0.137. The SMILES string of the molecule is C[C@](F)(CC(N)=O)c1cc(Cl)cc(C(F)(F)F)c1. The number of hydrogen-bond donors (Lipinski definition) is 1. The third kappa shape index (κ3) is 3.60. The third-order valence-corrected chi connectivity index (χ3v) is 2.55. The average Bonchev–Trinajstić information content (AvgIpc) is 2.13. The summed E-state index contributed by atoms with van der Waals surface area (Å²) in [5.74, 6) is -0.950. The van der Waals surface area contributed by atoms with E-state index in [2.05, 4.69) is 0 Å². The summed E-state index contributed by atoms with van der Waals surface area (Å²) >= 11 is 5.52. The van der Waals surface area contributed by atoms with Gasteiger partial charge in [-0.2, -0.15) is 13.2 Å². The van der Waals surface area contributed by atoms with E-state index in [0.29, 0.717) is 12.1 Å². The molecule has 0 aliphatic heterocycles. The monoisotopic (exact) mass is 283 g/mol. The second kappa shape index (κ2) is 4.76. The topological polar surface area (TPSA) is 43.1 Å². The highest BCUT2D eigenvalue weighted by molar-refractivity contribution is 6.30. The van der Waals surface area contributed by atoms with Gasteiger partial charge in [-0.1, -0.05) is 11.6 Å². The van der Waals surface area contributed by atoms with Gasteiger partial charge < -0.3 is 5.73 Å². The minimum absolute atomic E-state index is 0.256. The summed E-state index contributed by atoms with van der Waals surface area (Å²) in [7, 11) is 0. The lowest BCUT2D eigenvalue weighted by Gasteiger charge is -2.21. The smallest absolute Gasteiger partial charge is 0.370 e. The van der Waals surface area contributed by atoms with Crippen LogP contribution in [0.2, 0.25) is 5.02 Å². The molecule has 0 aromatic heterocycles. The molecule has 0 heterocycles. The Bertz CT molecular complexity index is 471. The number of rotatable bonds is 3. The number of carbonyl (C=O) groups excluding carboxylic acids is 1. The van der Waals surface area contributed by atoms with Gasteiger partial charge in [0.25, 0.3) is 0 Å². The minimum Gasteiger partial charge on any atom is -0.370 e. The normalized spacial score (nSPS) is 15.2. The van der Waals surface area contributed by atoms with Crippen LogP contribution in [0.3, 0.4) is 0 Å². The third-order valence-electron chi connectivity index (χ3n) is 2.33. The first-order valence-electron chi connectivity index (χ1n) is 4.88. The van der Waals surface area contributed by atoms with Crippen molar-refractivity contribution in [1.29, 1.82) is 0 Å². The van der Waals surface area contributed by atoms with E-state index in [1.807, 2.05) is 0 Å². The van der Waals surface area contributed by atoms with Crippen molar-refractivity contribution < 1.29 is 22.4 Å². The summed E-state index contributed by atoms with van der Waals surface area (Å²) in [5, 5.41) is -0.256. The van der Waals surface area contributed by atoms with Gasteiger partial charge in [-0.05, 0) is 30.7 Å². The van der Waals surface area contributed by atoms with E-state index in [0.717, 1.165) is 13.0 Å². The van der Waals surface area contributed by atoms with Crippen LogP contribution in [-0.2, 0) is 16.6 Å². The van der Waals surface area contributed by atoms with Crippen LogP contribution in [0.1, 0.15) is 24.5 Å². The van der Waals surface area contributed by atoms with Gasteiger partial charge in [0.05, 0.1) is 12.0 Å². The molecule has 0 bridgehead atoms. The Morgan fingerprint density at radius 2 is 1.72 bits per heavy atom. The lowest BCUT2D eigenvalue weighted by atomic mass is 9.92. The molecular formula is C11H10ClF4NO. The first-order chi connectivity index (χ1) is 8.02. The van der Waals surface area contributed by atoms with Gasteiger partial charge in [0.15, 0.2) is 0 Å². The van der Waals surface area contributed by atoms with Crippen molar-refractivity contribution in [3.05, 3.63) is 34.3 Å². The molecular weight excluding hydrogens is 274 g/mol. The van der Waals surface area contributed by atoms with Crippen LogP contribution >= 0.6 is 11.6 Å². The summed E-state index contributed by atoms with van der Waals surface area (Å²) in [6.45, 7) is 0.976. The Morgan fingerprint density at radius 1 is 1.22 bits per heavy atom. The fourth-order valence-corrected chi connectivity index (χ4v) is 1.72. The van der Waals surface area contributed by atoms with Gasteiger partial charge >= 0.3 is 6.18 Å². The number of carbonyl (C=O) groups is 1. The van der Waals surface area contributed by atoms with Crippen molar-refractivity contribution in [1.82, 2.24) is 0 Å². The van der Waals surface area contributed by atoms with E-state index < -0.39 is 29.7 Å². The van der Waals surface area contributed by atoms with Crippen LogP contribution in [0.5, 0.6) is 0 Å². The highest BCUT2D eigenvalue weighted by Crippen LogP contribution is 2.37. The van der Waals surface area contributed by atoms with Gasteiger partial charge in [0, 0.05) is 5.02 Å². The molecule has 2 nitrogen and oxygen atoms in total. The minimum atomic E-state index is -4.64. The number of benzene rings is 1. The van der Waals surface area contributed by atoms with Crippen LogP contribution in [0.25, 0.3) is 0 Å². The second-order valence-corrected chi connectivity index (χ2v) is 4.50. The standard InChI is InChI=1S/C11H10ClF4NO/c1-10(13,5-9(17)18)6-2-7(11(14,15)16)4-8(12)3-6/h2-4H,5H2,1H3,(H2,17,18)/t10-/m0/s1. The number of nitrogens with two attached hydrogens (primary N) is 1. The quantitative estimate of drug-likeness (QED) is 0.849. The Hall–Kier alpha value is -1.30. The van der Waals surface area contributed by atoms with E-state index in [1.54, 1.807) is 0 Å². The van der Waals surface area contributed by atoms with Gasteiger partial charge in [0.2, 0.25) is 5.91 Å².